The third-order valence-electron chi connectivity index (χ3n) is 6.22. The number of nitriles is 1. The summed E-state index contributed by atoms with van der Waals surface area (Å²) in [5.74, 6) is 0. The van der Waals surface area contributed by atoms with E-state index in [0.29, 0.717) is 39.7 Å². The van der Waals surface area contributed by atoms with Crippen LogP contribution in [0.4, 0.5) is 10.5 Å². The second kappa shape index (κ2) is 8.85. The molecule has 1 N–H and O–H groups in total. The van der Waals surface area contributed by atoms with Gasteiger partial charge in [-0.05, 0) is 68.3 Å². The van der Waals surface area contributed by atoms with E-state index in [2.05, 4.69) is 6.07 Å². The summed E-state index contributed by atoms with van der Waals surface area (Å²) in [6, 6.07) is 15.0. The average molecular weight is 484 g/mol. The van der Waals surface area contributed by atoms with Crippen LogP contribution in [0, 0.1) is 11.3 Å². The lowest BCUT2D eigenvalue weighted by molar-refractivity contribution is -0.0815. The van der Waals surface area contributed by atoms with Gasteiger partial charge in [0.2, 0.25) is 0 Å². The Kier molecular flexibility index (Phi) is 6.26. The predicted molar refractivity (Wildman–Crippen MR) is 128 cm³/mol. The van der Waals surface area contributed by atoms with Gasteiger partial charge < -0.3 is 9.84 Å². The Hall–Kier alpha value is -2.82. The van der Waals surface area contributed by atoms with Gasteiger partial charge >= 0.3 is 6.03 Å². The van der Waals surface area contributed by atoms with Gasteiger partial charge in [0, 0.05) is 34.1 Å². The fraction of sp³-hybridized carbons (Fsp3) is 0.280. The lowest BCUT2D eigenvalue weighted by atomic mass is 9.81. The molecule has 1 fully saturated rings. The number of ether oxygens (including phenoxy) is 1. The Morgan fingerprint density at radius 1 is 1.12 bits per heavy atom. The number of hydrogen-bond acceptors (Lipinski definition) is 4. The van der Waals surface area contributed by atoms with Crippen LogP contribution in [0.3, 0.4) is 0 Å². The predicted octanol–water partition coefficient (Wildman–Crippen LogP) is 5.50. The minimum atomic E-state index is -1.87. The van der Waals surface area contributed by atoms with Crippen molar-refractivity contribution >= 4 is 34.9 Å². The van der Waals surface area contributed by atoms with Crippen molar-refractivity contribution in [2.75, 3.05) is 18.6 Å². The molecule has 2 aliphatic rings. The van der Waals surface area contributed by atoms with Gasteiger partial charge in [0.15, 0.2) is 5.72 Å². The summed E-state index contributed by atoms with van der Waals surface area (Å²) in [6.45, 7) is 1.81. The van der Waals surface area contributed by atoms with E-state index >= 15 is 0 Å². The standard InChI is InChI=1S/C25H23Cl2N3O3/c1-24(16-33-2)25(32,18-5-3-4-17(14-18)15-28)30(22-12-8-20(27)9-13-22)23(31)29(24)21-10-6-19(26)7-11-21/h3-6,8-10,12-14,32H,7,11,16H2,1-2H3/t24-,25?/m1/s1. The van der Waals surface area contributed by atoms with Crippen LogP contribution in [0.5, 0.6) is 0 Å². The van der Waals surface area contributed by atoms with Crippen LogP contribution in [0.15, 0.2) is 71.4 Å². The smallest absolute Gasteiger partial charge is 0.332 e. The highest BCUT2D eigenvalue weighted by Crippen LogP contribution is 2.51. The molecular formula is C25H23Cl2N3O3. The van der Waals surface area contributed by atoms with E-state index in [0.717, 1.165) is 5.70 Å². The number of anilines is 1. The Labute approximate surface area is 202 Å². The highest BCUT2D eigenvalue weighted by Gasteiger charge is 2.66. The number of nitrogens with zero attached hydrogens (tertiary/aromatic N) is 3. The molecule has 2 atom stereocenters. The number of aliphatic hydroxyl groups is 1. The van der Waals surface area contributed by atoms with Gasteiger partial charge in [-0.2, -0.15) is 5.26 Å². The molecule has 4 rings (SSSR count). The molecular weight excluding hydrogens is 461 g/mol. The van der Waals surface area contributed by atoms with Gasteiger partial charge in [-0.15, -0.1) is 0 Å². The molecule has 170 valence electrons. The number of benzene rings is 2. The zero-order valence-electron chi connectivity index (χ0n) is 18.3. The Bertz CT molecular complexity index is 1190. The van der Waals surface area contributed by atoms with Crippen LogP contribution in [0.1, 0.15) is 30.9 Å². The highest BCUT2D eigenvalue weighted by molar-refractivity contribution is 6.30. The second-order valence-electron chi connectivity index (χ2n) is 8.27. The molecule has 33 heavy (non-hydrogen) atoms. The van der Waals surface area contributed by atoms with E-state index in [9.17, 15) is 15.2 Å². The van der Waals surface area contributed by atoms with Crippen LogP contribution < -0.4 is 4.90 Å². The first kappa shape index (κ1) is 23.3. The first-order valence-corrected chi connectivity index (χ1v) is 11.2. The molecule has 8 heteroatoms. The van der Waals surface area contributed by atoms with Crippen LogP contribution in [-0.4, -0.2) is 35.3 Å². The normalized spacial score (nSPS) is 25.0. The minimum absolute atomic E-state index is 0.0326. The molecule has 1 unspecified atom stereocenters. The summed E-state index contributed by atoms with van der Waals surface area (Å²) < 4.78 is 5.56. The first-order chi connectivity index (χ1) is 15.8. The van der Waals surface area contributed by atoms with Crippen LogP contribution in [0.25, 0.3) is 0 Å². The number of amides is 2. The minimum Gasteiger partial charge on any atom is -0.382 e. The number of rotatable bonds is 5. The maximum Gasteiger partial charge on any atom is 0.332 e. The van der Waals surface area contributed by atoms with Crippen molar-refractivity contribution < 1.29 is 14.6 Å². The molecule has 0 bridgehead atoms. The van der Waals surface area contributed by atoms with E-state index in [-0.39, 0.29) is 6.61 Å². The monoisotopic (exact) mass is 483 g/mol. The number of carbonyl (C=O) groups excluding carboxylic acids is 1. The second-order valence-corrected chi connectivity index (χ2v) is 9.19. The maximum absolute atomic E-state index is 14.0. The Morgan fingerprint density at radius 3 is 2.45 bits per heavy atom. The van der Waals surface area contributed by atoms with Crippen molar-refractivity contribution in [1.82, 2.24) is 4.90 Å². The zero-order valence-corrected chi connectivity index (χ0v) is 19.8. The van der Waals surface area contributed by atoms with Gasteiger partial charge in [0.25, 0.3) is 0 Å². The lowest BCUT2D eigenvalue weighted by Gasteiger charge is -2.45. The number of urea groups is 1. The van der Waals surface area contributed by atoms with Crippen molar-refractivity contribution in [1.29, 1.82) is 5.26 Å². The number of halogens is 2. The Balaban J connectivity index is 2.00. The number of methoxy groups -OCH3 is 1. The van der Waals surface area contributed by atoms with Crippen molar-refractivity contribution in [3.8, 4) is 6.07 Å². The lowest BCUT2D eigenvalue weighted by Crippen LogP contribution is -2.60. The van der Waals surface area contributed by atoms with E-state index in [4.69, 9.17) is 27.9 Å². The summed E-state index contributed by atoms with van der Waals surface area (Å²) in [4.78, 5) is 17.0. The topological polar surface area (TPSA) is 76.8 Å². The fourth-order valence-electron chi connectivity index (χ4n) is 4.65. The largest absolute Gasteiger partial charge is 0.382 e. The van der Waals surface area contributed by atoms with Gasteiger partial charge in [0.1, 0.15) is 5.54 Å². The molecule has 2 amide bonds. The van der Waals surface area contributed by atoms with Gasteiger partial charge in [-0.25, -0.2) is 4.79 Å². The maximum atomic E-state index is 14.0. The van der Waals surface area contributed by atoms with Crippen molar-refractivity contribution in [2.45, 2.75) is 31.0 Å². The summed E-state index contributed by atoms with van der Waals surface area (Å²) in [5.41, 5.74) is -1.16. The summed E-state index contributed by atoms with van der Waals surface area (Å²) in [7, 11) is 1.52. The third-order valence-corrected chi connectivity index (χ3v) is 6.79. The zero-order chi connectivity index (χ0) is 23.8. The molecule has 1 saturated heterocycles. The molecule has 0 aromatic heterocycles. The number of allylic oxidation sites excluding steroid dienone is 4. The summed E-state index contributed by atoms with van der Waals surface area (Å²) in [6.07, 6.45) is 4.68. The molecule has 1 aliphatic heterocycles. The van der Waals surface area contributed by atoms with E-state index in [1.54, 1.807) is 72.5 Å². The summed E-state index contributed by atoms with van der Waals surface area (Å²) >= 11 is 12.3. The van der Waals surface area contributed by atoms with E-state index < -0.39 is 17.3 Å². The molecule has 0 radical (unpaired) electrons. The van der Waals surface area contributed by atoms with Crippen LogP contribution in [0.2, 0.25) is 5.02 Å². The highest BCUT2D eigenvalue weighted by atomic mass is 35.5. The molecule has 1 aliphatic carbocycles. The van der Waals surface area contributed by atoms with Crippen LogP contribution in [-0.2, 0) is 10.5 Å². The van der Waals surface area contributed by atoms with Crippen molar-refractivity contribution in [2.24, 2.45) is 0 Å². The summed E-state index contributed by atoms with van der Waals surface area (Å²) in [5, 5.41) is 23.2. The fourth-order valence-corrected chi connectivity index (χ4v) is 4.94. The van der Waals surface area contributed by atoms with Crippen LogP contribution >= 0.6 is 23.2 Å². The van der Waals surface area contributed by atoms with Crippen molar-refractivity contribution in [3.05, 3.63) is 87.6 Å². The third kappa shape index (κ3) is 3.71. The Morgan fingerprint density at radius 2 is 1.85 bits per heavy atom. The van der Waals surface area contributed by atoms with E-state index in [1.165, 1.54) is 12.0 Å². The van der Waals surface area contributed by atoms with E-state index in [1.807, 2.05) is 0 Å². The quantitative estimate of drug-likeness (QED) is 0.608. The van der Waals surface area contributed by atoms with Gasteiger partial charge in [-0.1, -0.05) is 35.3 Å². The molecule has 6 nitrogen and oxygen atoms in total. The molecule has 0 saturated carbocycles. The number of hydrogen-bond donors (Lipinski definition) is 1. The molecule has 0 spiro atoms. The molecule has 2 aromatic rings. The van der Waals surface area contributed by atoms with Crippen molar-refractivity contribution in [3.63, 3.8) is 0 Å². The van der Waals surface area contributed by atoms with Gasteiger partial charge in [-0.3, -0.25) is 9.80 Å². The SMILES string of the molecule is COC[C@@]1(C)N(C2=CC=C(Cl)CC2)C(=O)N(c2ccc(Cl)cc2)C1(O)c1cccc(C#N)c1. The average Bonchev–Trinajstić information content (AvgIpc) is 2.98. The number of carbonyl (C=O) groups is 1. The van der Waals surface area contributed by atoms with Gasteiger partial charge in [0.05, 0.1) is 18.2 Å². The molecule has 1 heterocycles. The first-order valence-electron chi connectivity index (χ1n) is 10.4. The molecule has 2 aromatic carbocycles.